The fourth-order valence-electron chi connectivity index (χ4n) is 8.21. The summed E-state index contributed by atoms with van der Waals surface area (Å²) < 4.78 is 6.65. The highest BCUT2D eigenvalue weighted by atomic mass is 16.5. The van der Waals surface area contributed by atoms with Crippen LogP contribution in [0.1, 0.15) is 0 Å². The van der Waals surface area contributed by atoms with E-state index < -0.39 is 0 Å². The number of aromatic nitrogens is 3. The van der Waals surface area contributed by atoms with Gasteiger partial charge in [0.1, 0.15) is 11.5 Å². The molecule has 10 aromatic rings. The van der Waals surface area contributed by atoms with Gasteiger partial charge in [-0.15, -0.1) is 0 Å². The van der Waals surface area contributed by atoms with Crippen LogP contribution in [-0.2, 0) is 0 Å². The standard InChI is InChI=1S/C55H36N4O/c1-5-14-37(15-6-1)38-24-26-41(27-25-38)54-56-53(40-16-7-2-8-17-40)57-55(58-54)42-30-34-50-49(36-42)48-23-13-22-47-46(33-35-51(60-50)52(47)48)39-28-31-45(32-29-39)59(43-18-9-3-10-19-43)44-20-11-4-12-21-44/h1-36H. The van der Waals surface area contributed by atoms with Crippen molar-refractivity contribution in [2.45, 2.75) is 0 Å². The molecule has 0 aliphatic carbocycles. The Morgan fingerprint density at radius 3 is 1.40 bits per heavy atom. The smallest absolute Gasteiger partial charge is 0.164 e. The van der Waals surface area contributed by atoms with Crippen LogP contribution >= 0.6 is 0 Å². The van der Waals surface area contributed by atoms with E-state index in [4.69, 9.17) is 19.7 Å². The first-order chi connectivity index (χ1) is 29.7. The van der Waals surface area contributed by atoms with Gasteiger partial charge < -0.3 is 9.64 Å². The molecule has 5 nitrogen and oxygen atoms in total. The van der Waals surface area contributed by atoms with E-state index >= 15 is 0 Å². The van der Waals surface area contributed by atoms with E-state index in [2.05, 4.69) is 163 Å². The third-order valence-corrected chi connectivity index (χ3v) is 11.1. The molecule has 0 unspecified atom stereocenters. The van der Waals surface area contributed by atoms with E-state index in [0.29, 0.717) is 17.5 Å². The lowest BCUT2D eigenvalue weighted by atomic mass is 9.90. The lowest BCUT2D eigenvalue weighted by Crippen LogP contribution is -2.09. The first kappa shape index (κ1) is 35.0. The maximum absolute atomic E-state index is 6.65. The highest BCUT2D eigenvalue weighted by molar-refractivity contribution is 6.10. The first-order valence-electron chi connectivity index (χ1n) is 20.1. The van der Waals surface area contributed by atoms with Gasteiger partial charge in [0.25, 0.3) is 0 Å². The second-order valence-electron chi connectivity index (χ2n) is 14.8. The van der Waals surface area contributed by atoms with Gasteiger partial charge in [0.15, 0.2) is 17.5 Å². The molecule has 0 saturated heterocycles. The van der Waals surface area contributed by atoms with Gasteiger partial charge in [-0.2, -0.15) is 0 Å². The SMILES string of the molecule is c1ccc(-c2ccc(-c3nc(-c4ccccc4)nc(-c4ccc5c(c4)-c4cccc6c(-c7ccc(N(c8ccccc8)c8ccccc8)cc7)ccc(c46)O5)n3)cc2)cc1. The number of hydrogen-bond donors (Lipinski definition) is 0. The van der Waals surface area contributed by atoms with Crippen molar-refractivity contribution in [3.05, 3.63) is 218 Å². The van der Waals surface area contributed by atoms with E-state index in [1.165, 1.54) is 0 Å². The fraction of sp³-hybridized carbons (Fsp3) is 0. The summed E-state index contributed by atoms with van der Waals surface area (Å²) in [5.41, 5.74) is 12.7. The lowest BCUT2D eigenvalue weighted by Gasteiger charge is -2.26. The quantitative estimate of drug-likeness (QED) is 0.154. The van der Waals surface area contributed by atoms with Gasteiger partial charge in [-0.05, 0) is 93.9 Å². The largest absolute Gasteiger partial charge is 0.456 e. The summed E-state index contributed by atoms with van der Waals surface area (Å²) in [5, 5.41) is 2.21. The molecule has 282 valence electrons. The molecule has 2 heterocycles. The lowest BCUT2D eigenvalue weighted by molar-refractivity contribution is 0.487. The number of ether oxygens (including phenoxy) is 1. The van der Waals surface area contributed by atoms with Crippen LogP contribution in [0, 0.1) is 0 Å². The molecule has 1 aliphatic rings. The molecule has 0 spiro atoms. The molecule has 0 fully saturated rings. The maximum atomic E-state index is 6.65. The number of benzene rings is 9. The summed E-state index contributed by atoms with van der Waals surface area (Å²) in [7, 11) is 0. The van der Waals surface area contributed by atoms with E-state index in [-0.39, 0.29) is 0 Å². The monoisotopic (exact) mass is 768 g/mol. The first-order valence-corrected chi connectivity index (χ1v) is 20.1. The van der Waals surface area contributed by atoms with Crippen LogP contribution in [0.5, 0.6) is 11.5 Å². The minimum absolute atomic E-state index is 0.598. The Bertz CT molecular complexity index is 3100. The van der Waals surface area contributed by atoms with Crippen molar-refractivity contribution >= 4 is 27.8 Å². The Kier molecular flexibility index (Phi) is 8.75. The summed E-state index contributed by atoms with van der Waals surface area (Å²) in [6, 6.07) is 75.7. The second kappa shape index (κ2) is 15.0. The van der Waals surface area contributed by atoms with Crippen molar-refractivity contribution in [2.75, 3.05) is 4.90 Å². The van der Waals surface area contributed by atoms with Crippen LogP contribution in [0.2, 0.25) is 0 Å². The molecule has 1 aromatic heterocycles. The third kappa shape index (κ3) is 6.45. The zero-order valence-corrected chi connectivity index (χ0v) is 32.5. The molecule has 0 atom stereocenters. The van der Waals surface area contributed by atoms with E-state index in [1.54, 1.807) is 0 Å². The predicted molar refractivity (Wildman–Crippen MR) is 245 cm³/mol. The molecule has 5 heteroatoms. The number of nitrogens with zero attached hydrogens (tertiary/aromatic N) is 4. The molecule has 0 saturated carbocycles. The fourth-order valence-corrected chi connectivity index (χ4v) is 8.21. The van der Waals surface area contributed by atoms with Crippen LogP contribution in [0.4, 0.5) is 17.1 Å². The summed E-state index contributed by atoms with van der Waals surface area (Å²) in [6.07, 6.45) is 0. The molecule has 11 rings (SSSR count). The molecule has 0 N–H and O–H groups in total. The van der Waals surface area contributed by atoms with Gasteiger partial charge in [-0.1, -0.05) is 158 Å². The second-order valence-corrected chi connectivity index (χ2v) is 14.8. The highest BCUT2D eigenvalue weighted by Crippen LogP contribution is 2.49. The van der Waals surface area contributed by atoms with Crippen molar-refractivity contribution in [3.63, 3.8) is 0 Å². The van der Waals surface area contributed by atoms with Gasteiger partial charge in [0, 0.05) is 44.7 Å². The molecular formula is C55H36N4O. The average molecular weight is 769 g/mol. The summed E-state index contributed by atoms with van der Waals surface area (Å²) in [5.74, 6) is 3.47. The Hall–Kier alpha value is -8.15. The number of rotatable bonds is 8. The van der Waals surface area contributed by atoms with Gasteiger partial charge in [0.2, 0.25) is 0 Å². The van der Waals surface area contributed by atoms with Crippen molar-refractivity contribution in [1.82, 2.24) is 15.0 Å². The zero-order valence-electron chi connectivity index (χ0n) is 32.5. The third-order valence-electron chi connectivity index (χ3n) is 11.1. The van der Waals surface area contributed by atoms with Gasteiger partial charge in [-0.25, -0.2) is 15.0 Å². The molecule has 0 amide bonds. The van der Waals surface area contributed by atoms with E-state index in [0.717, 1.165) is 89.4 Å². The van der Waals surface area contributed by atoms with Gasteiger partial charge >= 0.3 is 0 Å². The number of fused-ring (bicyclic) bond motifs is 2. The Morgan fingerprint density at radius 2 is 0.767 bits per heavy atom. The summed E-state index contributed by atoms with van der Waals surface area (Å²) >= 11 is 0. The van der Waals surface area contributed by atoms with E-state index in [1.807, 2.05) is 60.7 Å². The van der Waals surface area contributed by atoms with Crippen LogP contribution in [-0.4, -0.2) is 15.0 Å². The molecular weight excluding hydrogens is 733 g/mol. The maximum Gasteiger partial charge on any atom is 0.164 e. The minimum atomic E-state index is 0.598. The van der Waals surface area contributed by atoms with Crippen LogP contribution in [0.15, 0.2) is 218 Å². The Morgan fingerprint density at radius 1 is 0.300 bits per heavy atom. The predicted octanol–water partition coefficient (Wildman–Crippen LogP) is 14.6. The molecule has 0 bridgehead atoms. The Labute approximate surface area is 348 Å². The Balaban J connectivity index is 0.977. The zero-order chi connectivity index (χ0) is 39.8. The molecule has 9 aromatic carbocycles. The van der Waals surface area contributed by atoms with Crippen LogP contribution in [0.25, 0.3) is 78.3 Å². The highest BCUT2D eigenvalue weighted by Gasteiger charge is 2.23. The van der Waals surface area contributed by atoms with Crippen molar-refractivity contribution in [2.24, 2.45) is 0 Å². The topological polar surface area (TPSA) is 51.1 Å². The van der Waals surface area contributed by atoms with Gasteiger partial charge in [-0.3, -0.25) is 0 Å². The van der Waals surface area contributed by atoms with Crippen molar-refractivity contribution < 1.29 is 4.74 Å². The van der Waals surface area contributed by atoms with E-state index in [9.17, 15) is 0 Å². The van der Waals surface area contributed by atoms with Crippen molar-refractivity contribution in [1.29, 1.82) is 0 Å². The molecule has 1 aliphatic heterocycles. The summed E-state index contributed by atoms with van der Waals surface area (Å²) in [6.45, 7) is 0. The van der Waals surface area contributed by atoms with Crippen molar-refractivity contribution in [3.8, 4) is 79.0 Å². The number of hydrogen-bond acceptors (Lipinski definition) is 5. The van der Waals surface area contributed by atoms with Gasteiger partial charge in [0.05, 0.1) is 0 Å². The molecule has 0 radical (unpaired) electrons. The normalized spacial score (nSPS) is 11.5. The number of para-hydroxylation sites is 2. The average Bonchev–Trinajstić information content (AvgIpc) is 3.33. The number of anilines is 3. The van der Waals surface area contributed by atoms with Crippen LogP contribution in [0.3, 0.4) is 0 Å². The minimum Gasteiger partial charge on any atom is -0.456 e. The molecule has 60 heavy (non-hydrogen) atoms. The summed E-state index contributed by atoms with van der Waals surface area (Å²) in [4.78, 5) is 17.4. The van der Waals surface area contributed by atoms with Crippen LogP contribution < -0.4 is 9.64 Å².